The molecule has 0 saturated heterocycles. The number of para-hydroxylation sites is 1. The van der Waals surface area contributed by atoms with E-state index in [2.05, 4.69) is 11.1 Å². The fourth-order valence-electron chi connectivity index (χ4n) is 2.23. The van der Waals surface area contributed by atoms with Crippen molar-refractivity contribution in [3.05, 3.63) is 60.2 Å². The predicted octanol–water partition coefficient (Wildman–Crippen LogP) is 4.60. The van der Waals surface area contributed by atoms with Crippen molar-refractivity contribution in [1.82, 2.24) is 0 Å². The molecule has 102 valence electrons. The van der Waals surface area contributed by atoms with Crippen LogP contribution in [0.2, 0.25) is 0 Å². The van der Waals surface area contributed by atoms with Crippen molar-refractivity contribution >= 4 is 34.9 Å². The van der Waals surface area contributed by atoms with Crippen molar-refractivity contribution in [3.8, 4) is 0 Å². The summed E-state index contributed by atoms with van der Waals surface area (Å²) in [6.45, 7) is 0. The standard InChI is InChI=1S/C16H14ClNOS/c1-19-15-16(17,12-7-3-2-4-8-12)11-20-14-10-6-5-9-13(14)18-15/h2-10H,11H2,1H3. The van der Waals surface area contributed by atoms with Crippen LogP contribution in [0, 0.1) is 0 Å². The minimum atomic E-state index is -0.736. The molecule has 0 aliphatic carbocycles. The van der Waals surface area contributed by atoms with E-state index in [0.717, 1.165) is 16.1 Å². The molecule has 0 radical (unpaired) electrons. The number of hydrogen-bond acceptors (Lipinski definition) is 3. The van der Waals surface area contributed by atoms with E-state index in [0.29, 0.717) is 11.7 Å². The van der Waals surface area contributed by atoms with Gasteiger partial charge in [0.1, 0.15) is 0 Å². The maximum atomic E-state index is 6.88. The second-order valence-corrected chi connectivity index (χ2v) is 6.21. The van der Waals surface area contributed by atoms with Crippen LogP contribution in [0.25, 0.3) is 0 Å². The first kappa shape index (κ1) is 13.5. The summed E-state index contributed by atoms with van der Waals surface area (Å²) in [6, 6.07) is 18.0. The summed E-state index contributed by atoms with van der Waals surface area (Å²) in [5.41, 5.74) is 1.91. The number of fused-ring (bicyclic) bond motifs is 1. The van der Waals surface area contributed by atoms with Crippen LogP contribution in [-0.4, -0.2) is 18.8 Å². The third-order valence-electron chi connectivity index (χ3n) is 3.28. The first-order chi connectivity index (χ1) is 9.74. The number of hydrogen-bond donors (Lipinski definition) is 0. The van der Waals surface area contributed by atoms with E-state index in [1.54, 1.807) is 18.9 Å². The summed E-state index contributed by atoms with van der Waals surface area (Å²) in [7, 11) is 1.62. The van der Waals surface area contributed by atoms with E-state index in [9.17, 15) is 0 Å². The Kier molecular flexibility index (Phi) is 3.72. The Hall–Kier alpha value is -1.45. The van der Waals surface area contributed by atoms with Gasteiger partial charge in [-0.2, -0.15) is 0 Å². The lowest BCUT2D eigenvalue weighted by Gasteiger charge is -2.26. The minimum absolute atomic E-state index is 0.544. The number of aliphatic imine (C=N–C) groups is 1. The van der Waals surface area contributed by atoms with E-state index < -0.39 is 4.87 Å². The highest BCUT2D eigenvalue weighted by Gasteiger charge is 2.39. The lowest BCUT2D eigenvalue weighted by molar-refractivity contribution is 0.379. The third-order valence-corrected chi connectivity index (χ3v) is 5.18. The van der Waals surface area contributed by atoms with Crippen LogP contribution in [0.3, 0.4) is 0 Å². The van der Waals surface area contributed by atoms with Gasteiger partial charge in [-0.05, 0) is 17.7 Å². The molecule has 2 aromatic rings. The smallest absolute Gasteiger partial charge is 0.215 e. The molecule has 20 heavy (non-hydrogen) atoms. The molecule has 1 heterocycles. The van der Waals surface area contributed by atoms with Gasteiger partial charge in [0.15, 0.2) is 4.87 Å². The third kappa shape index (κ3) is 2.32. The highest BCUT2D eigenvalue weighted by molar-refractivity contribution is 7.99. The van der Waals surface area contributed by atoms with Crippen LogP contribution < -0.4 is 0 Å². The number of thioether (sulfide) groups is 1. The van der Waals surface area contributed by atoms with Crippen LogP contribution >= 0.6 is 23.4 Å². The van der Waals surface area contributed by atoms with Crippen molar-refractivity contribution in [3.63, 3.8) is 0 Å². The minimum Gasteiger partial charge on any atom is -0.483 e. The van der Waals surface area contributed by atoms with E-state index in [1.807, 2.05) is 48.5 Å². The Labute approximate surface area is 127 Å². The van der Waals surface area contributed by atoms with E-state index >= 15 is 0 Å². The lowest BCUT2D eigenvalue weighted by Crippen LogP contribution is -2.33. The van der Waals surface area contributed by atoms with Gasteiger partial charge in [0.2, 0.25) is 5.90 Å². The zero-order valence-corrected chi connectivity index (χ0v) is 12.6. The molecule has 0 bridgehead atoms. The number of methoxy groups -OCH3 is 1. The molecule has 0 spiro atoms. The van der Waals surface area contributed by atoms with Gasteiger partial charge in [-0.1, -0.05) is 42.5 Å². The zero-order chi connectivity index (χ0) is 14.0. The van der Waals surface area contributed by atoms with Crippen LogP contribution in [0.15, 0.2) is 64.5 Å². The first-order valence-electron chi connectivity index (χ1n) is 6.33. The second kappa shape index (κ2) is 5.51. The number of benzene rings is 2. The molecular weight excluding hydrogens is 290 g/mol. The predicted molar refractivity (Wildman–Crippen MR) is 85.2 cm³/mol. The van der Waals surface area contributed by atoms with E-state index in [4.69, 9.17) is 16.3 Å². The fraction of sp³-hybridized carbons (Fsp3) is 0.188. The summed E-state index contributed by atoms with van der Waals surface area (Å²) < 4.78 is 5.50. The highest BCUT2D eigenvalue weighted by Crippen LogP contribution is 2.43. The zero-order valence-electron chi connectivity index (χ0n) is 11.0. The lowest BCUT2D eigenvalue weighted by atomic mass is 10.00. The molecule has 1 aliphatic rings. The molecule has 0 fully saturated rings. The van der Waals surface area contributed by atoms with Crippen molar-refractivity contribution in [1.29, 1.82) is 0 Å². The summed E-state index contributed by atoms with van der Waals surface area (Å²) in [5, 5.41) is 0. The van der Waals surface area contributed by atoms with E-state index in [-0.39, 0.29) is 0 Å². The molecule has 0 N–H and O–H groups in total. The number of nitrogens with zero attached hydrogens (tertiary/aromatic N) is 1. The summed E-state index contributed by atoms with van der Waals surface area (Å²) >= 11 is 8.59. The van der Waals surface area contributed by atoms with Gasteiger partial charge in [-0.3, -0.25) is 0 Å². The fourth-order valence-corrected chi connectivity index (χ4v) is 3.72. The molecule has 4 heteroatoms. The van der Waals surface area contributed by atoms with Crippen molar-refractivity contribution < 1.29 is 4.74 Å². The molecule has 0 aromatic heterocycles. The molecule has 2 nitrogen and oxygen atoms in total. The highest BCUT2D eigenvalue weighted by atomic mass is 35.5. The van der Waals surface area contributed by atoms with Gasteiger partial charge < -0.3 is 4.74 Å². The number of ether oxygens (including phenoxy) is 1. The Morgan fingerprint density at radius 3 is 2.55 bits per heavy atom. The Bertz CT molecular complexity index is 644. The Morgan fingerprint density at radius 2 is 1.80 bits per heavy atom. The number of halogens is 1. The number of rotatable bonds is 1. The topological polar surface area (TPSA) is 21.6 Å². The quantitative estimate of drug-likeness (QED) is 0.718. The molecule has 1 atom stereocenters. The van der Waals surface area contributed by atoms with Gasteiger partial charge in [-0.15, -0.1) is 23.4 Å². The maximum absolute atomic E-state index is 6.88. The van der Waals surface area contributed by atoms with Crippen LogP contribution in [0.1, 0.15) is 5.56 Å². The molecular formula is C16H14ClNOS. The molecule has 3 rings (SSSR count). The van der Waals surface area contributed by atoms with Gasteiger partial charge in [0.05, 0.1) is 12.8 Å². The molecule has 0 amide bonds. The SMILES string of the molecule is COC1=Nc2ccccc2SCC1(Cl)c1ccccc1. The largest absolute Gasteiger partial charge is 0.483 e. The average molecular weight is 304 g/mol. The monoisotopic (exact) mass is 303 g/mol. The van der Waals surface area contributed by atoms with Gasteiger partial charge >= 0.3 is 0 Å². The maximum Gasteiger partial charge on any atom is 0.215 e. The average Bonchev–Trinajstić information content (AvgIpc) is 2.66. The summed E-state index contributed by atoms with van der Waals surface area (Å²) in [4.78, 5) is 5.02. The molecule has 1 unspecified atom stereocenters. The Morgan fingerprint density at radius 1 is 1.10 bits per heavy atom. The van der Waals surface area contributed by atoms with Gasteiger partial charge in [0.25, 0.3) is 0 Å². The normalized spacial score (nSPS) is 21.6. The van der Waals surface area contributed by atoms with Crippen LogP contribution in [0.4, 0.5) is 5.69 Å². The van der Waals surface area contributed by atoms with Crippen molar-refractivity contribution in [2.45, 2.75) is 9.77 Å². The molecule has 0 saturated carbocycles. The molecule has 1 aliphatic heterocycles. The second-order valence-electron chi connectivity index (χ2n) is 4.54. The summed E-state index contributed by atoms with van der Waals surface area (Å²) in [5.74, 6) is 1.23. The van der Waals surface area contributed by atoms with Gasteiger partial charge in [-0.25, -0.2) is 4.99 Å². The number of alkyl halides is 1. The van der Waals surface area contributed by atoms with Gasteiger partial charge in [0, 0.05) is 10.6 Å². The van der Waals surface area contributed by atoms with Crippen molar-refractivity contribution in [2.24, 2.45) is 4.99 Å². The van der Waals surface area contributed by atoms with Crippen LogP contribution in [0.5, 0.6) is 0 Å². The Balaban J connectivity index is 2.11. The van der Waals surface area contributed by atoms with E-state index in [1.165, 1.54) is 0 Å². The first-order valence-corrected chi connectivity index (χ1v) is 7.70. The summed E-state index contributed by atoms with van der Waals surface area (Å²) in [6.07, 6.45) is 0. The van der Waals surface area contributed by atoms with Crippen molar-refractivity contribution in [2.75, 3.05) is 12.9 Å². The van der Waals surface area contributed by atoms with Crippen LogP contribution in [-0.2, 0) is 9.61 Å². The molecule has 2 aromatic carbocycles.